The first-order valence-electron chi connectivity index (χ1n) is 23.8. The van der Waals surface area contributed by atoms with Gasteiger partial charge in [-0.1, -0.05) is 63.2 Å². The molecule has 2 aromatic carbocycles. The van der Waals surface area contributed by atoms with Crippen LogP contribution in [-0.4, -0.2) is 114 Å². The summed E-state index contributed by atoms with van der Waals surface area (Å²) in [4.78, 5) is 77.4. The average Bonchev–Trinajstić information content (AvgIpc) is 4.18. The first-order chi connectivity index (χ1) is 33.2. The van der Waals surface area contributed by atoms with Gasteiger partial charge in [0.15, 0.2) is 5.65 Å². The van der Waals surface area contributed by atoms with Gasteiger partial charge in [0.05, 0.1) is 40.1 Å². The lowest BCUT2D eigenvalue weighted by atomic mass is 9.76. The van der Waals surface area contributed by atoms with Gasteiger partial charge in [-0.3, -0.25) is 19.2 Å². The van der Waals surface area contributed by atoms with E-state index < -0.39 is 23.5 Å². The van der Waals surface area contributed by atoms with Crippen LogP contribution in [0.4, 0.5) is 16.0 Å². The number of aliphatic hydroxyl groups excluding tert-OH is 1. The summed E-state index contributed by atoms with van der Waals surface area (Å²) in [5, 5.41) is 18.6. The molecule has 7 heterocycles. The van der Waals surface area contributed by atoms with Crippen molar-refractivity contribution < 1.29 is 28.7 Å². The smallest absolute Gasteiger partial charge is 0.243 e. The summed E-state index contributed by atoms with van der Waals surface area (Å²) in [7, 11) is 0. The van der Waals surface area contributed by atoms with Crippen LogP contribution >= 0.6 is 11.3 Å². The molecule has 4 atom stereocenters. The second-order valence-corrected chi connectivity index (χ2v) is 20.4. The fourth-order valence-electron chi connectivity index (χ4n) is 9.88. The highest BCUT2D eigenvalue weighted by molar-refractivity contribution is 7.13. The van der Waals surface area contributed by atoms with Gasteiger partial charge in [-0.15, -0.1) is 16.4 Å². The fraction of sp³-hybridized carbons (Fsp3) is 0.423. The highest BCUT2D eigenvalue weighted by Crippen LogP contribution is 2.37. The molecule has 4 aromatic heterocycles. The summed E-state index contributed by atoms with van der Waals surface area (Å²) in [5.41, 5.74) is 7.16. The summed E-state index contributed by atoms with van der Waals surface area (Å²) in [5.74, 6) is -0.483. The van der Waals surface area contributed by atoms with E-state index in [1.54, 1.807) is 39.1 Å². The third-order valence-electron chi connectivity index (χ3n) is 13.8. The molecule has 3 amide bonds. The fourth-order valence-corrected chi connectivity index (χ4v) is 10.7. The minimum absolute atomic E-state index is 0.00311. The third-order valence-corrected chi connectivity index (χ3v) is 14.7. The van der Waals surface area contributed by atoms with Crippen LogP contribution in [0.2, 0.25) is 0 Å². The molecule has 3 fully saturated rings. The summed E-state index contributed by atoms with van der Waals surface area (Å²) < 4.78 is 16.0. The number of thiazole rings is 1. The number of likely N-dealkylation sites (tertiary alicyclic amines) is 1. The quantitative estimate of drug-likeness (QED) is 0.115. The molecule has 17 heteroatoms. The largest absolute Gasteiger partial charge is 0.391 e. The Kier molecular flexibility index (Phi) is 13.9. The van der Waals surface area contributed by atoms with E-state index >= 15 is 0 Å². The Morgan fingerprint density at radius 3 is 2.43 bits per heavy atom. The van der Waals surface area contributed by atoms with E-state index in [0.29, 0.717) is 37.5 Å². The van der Waals surface area contributed by atoms with Crippen molar-refractivity contribution in [1.29, 1.82) is 0 Å². The third kappa shape index (κ3) is 10.5. The predicted molar refractivity (Wildman–Crippen MR) is 263 cm³/mol. The molecule has 0 saturated carbocycles. The number of hydrogen-bond donors (Lipinski definition) is 2. The number of ketones is 1. The molecular weight excluding hydrogens is 896 g/mol. The van der Waals surface area contributed by atoms with Gasteiger partial charge in [-0.25, -0.2) is 23.9 Å². The molecule has 3 aliphatic heterocycles. The molecule has 15 nitrogen and oxygen atoms in total. The van der Waals surface area contributed by atoms with Crippen molar-refractivity contribution >= 4 is 52.1 Å². The lowest BCUT2D eigenvalue weighted by molar-refractivity contribution is -0.146. The lowest BCUT2D eigenvalue weighted by Gasteiger charge is -2.36. The van der Waals surface area contributed by atoms with Crippen LogP contribution in [0.1, 0.15) is 82.2 Å². The molecule has 3 saturated heterocycles. The number of Topliss-reactive ketones (excluding diaryl/α,β-unsaturated/α-hetero) is 1. The van der Waals surface area contributed by atoms with Crippen LogP contribution in [0.5, 0.6) is 0 Å². The van der Waals surface area contributed by atoms with Crippen molar-refractivity contribution in [2.45, 2.75) is 91.0 Å². The number of fused-ring (bicyclic) bond motifs is 1. The number of amides is 3. The van der Waals surface area contributed by atoms with Crippen molar-refractivity contribution in [3.8, 4) is 21.8 Å². The Morgan fingerprint density at radius 1 is 0.913 bits per heavy atom. The van der Waals surface area contributed by atoms with Gasteiger partial charge in [0.25, 0.3) is 0 Å². The standard InChI is InChI=1S/C52H59FN10O5S/c1-33-49(69-32-56-33)35-15-13-34(14-16-35)29-55-50(67)43-28-39(65)31-62(43)51(68)40(52(2,3)4)27-38(64)17-20-48(66)60-24-22-59(23-25-60)46-12-6-10-41(57-46)44-30-54-45-18-19-47(58-63(44)45)61-21-7-11-42(61)36-8-5-9-37(53)26-36/h5-6,8-10,12-16,18-19,26,30,32,39-40,42-43,65H,7,11,17,20-25,27-29,31H2,1-4H3,(H,55,67)/t39-,40-,42-,43+/m1/s1. The molecule has 0 unspecified atom stereocenters. The van der Waals surface area contributed by atoms with Gasteiger partial charge >= 0.3 is 0 Å². The van der Waals surface area contributed by atoms with Gasteiger partial charge in [0.2, 0.25) is 17.7 Å². The Hall–Kier alpha value is -6.59. The number of aryl methyl sites for hydroxylation is 1. The lowest BCUT2D eigenvalue weighted by Crippen LogP contribution is -2.50. The number of benzene rings is 2. The Balaban J connectivity index is 0.772. The molecule has 69 heavy (non-hydrogen) atoms. The number of imidazole rings is 1. The molecule has 0 spiro atoms. The van der Waals surface area contributed by atoms with Crippen LogP contribution in [-0.2, 0) is 25.7 Å². The Labute approximate surface area is 405 Å². The number of β-amino-alcohol motifs (C(OH)–C–C–N with tert-alkyl or cyclic N) is 1. The van der Waals surface area contributed by atoms with E-state index in [1.165, 1.54) is 11.0 Å². The number of anilines is 2. The monoisotopic (exact) mass is 954 g/mol. The van der Waals surface area contributed by atoms with Gasteiger partial charge < -0.3 is 30.0 Å². The summed E-state index contributed by atoms with van der Waals surface area (Å²) in [6.45, 7) is 10.7. The van der Waals surface area contributed by atoms with Gasteiger partial charge in [0.1, 0.15) is 35.0 Å². The minimum Gasteiger partial charge on any atom is -0.391 e. The maximum atomic E-state index is 14.2. The zero-order valence-corrected chi connectivity index (χ0v) is 40.4. The van der Waals surface area contributed by atoms with E-state index in [9.17, 15) is 28.7 Å². The van der Waals surface area contributed by atoms with Crippen LogP contribution in [0.15, 0.2) is 90.6 Å². The summed E-state index contributed by atoms with van der Waals surface area (Å²) >= 11 is 1.57. The van der Waals surface area contributed by atoms with Gasteiger partial charge in [0, 0.05) is 77.4 Å². The number of nitrogens with one attached hydrogen (secondary N) is 1. The number of rotatable bonds is 14. The zero-order valence-electron chi connectivity index (χ0n) is 39.6. The Bertz CT molecular complexity index is 2840. The number of carbonyl (C=O) groups is 4. The molecule has 9 rings (SSSR count). The molecule has 0 radical (unpaired) electrons. The van der Waals surface area contributed by atoms with Gasteiger partial charge in [-0.2, -0.15) is 0 Å². The van der Waals surface area contributed by atoms with Crippen LogP contribution in [0, 0.1) is 24.1 Å². The molecule has 2 N–H and O–H groups in total. The van der Waals surface area contributed by atoms with Crippen LogP contribution in [0.25, 0.3) is 27.5 Å². The highest BCUT2D eigenvalue weighted by Gasteiger charge is 2.44. The van der Waals surface area contributed by atoms with E-state index in [1.807, 2.05) is 93.9 Å². The molecular formula is C52H59FN10O5S. The maximum Gasteiger partial charge on any atom is 0.243 e. The van der Waals surface area contributed by atoms with E-state index in [-0.39, 0.29) is 74.1 Å². The number of aromatic nitrogens is 5. The average molecular weight is 955 g/mol. The van der Waals surface area contributed by atoms with E-state index in [2.05, 4.69) is 25.1 Å². The topological polar surface area (TPSA) is 169 Å². The van der Waals surface area contributed by atoms with Crippen molar-refractivity contribution in [1.82, 2.24) is 39.7 Å². The van der Waals surface area contributed by atoms with Crippen LogP contribution < -0.4 is 15.1 Å². The minimum atomic E-state index is -0.871. The number of halogens is 1. The summed E-state index contributed by atoms with van der Waals surface area (Å²) in [6, 6.07) is 23.6. The predicted octanol–water partition coefficient (Wildman–Crippen LogP) is 7.03. The number of hydrogen-bond acceptors (Lipinski definition) is 12. The number of aliphatic hydroxyl groups is 1. The first-order valence-corrected chi connectivity index (χ1v) is 24.7. The van der Waals surface area contributed by atoms with Crippen molar-refractivity contribution in [2.24, 2.45) is 11.3 Å². The molecule has 3 aliphatic rings. The SMILES string of the molecule is Cc1ncsc1-c1ccc(CNC(=O)[C@@H]2C[C@@H](O)CN2C(=O)[C@@H](CC(=O)CCC(=O)N2CCN(c3cccc(-c4cnc5ccc(N6CCC[C@@H]6c6cccc(F)c6)nn45)n3)CC2)C(C)(C)C)cc1. The van der Waals surface area contributed by atoms with Crippen molar-refractivity contribution in [2.75, 3.05) is 49.1 Å². The van der Waals surface area contributed by atoms with Gasteiger partial charge in [-0.05, 0) is 78.3 Å². The second kappa shape index (κ2) is 20.2. The molecule has 0 bridgehead atoms. The van der Waals surface area contributed by atoms with Crippen molar-refractivity contribution in [3.05, 3.63) is 113 Å². The second-order valence-electron chi connectivity index (χ2n) is 19.5. The number of nitrogens with zero attached hydrogens (tertiary/aromatic N) is 9. The Morgan fingerprint density at radius 2 is 1.70 bits per heavy atom. The molecule has 0 aliphatic carbocycles. The summed E-state index contributed by atoms with van der Waals surface area (Å²) in [6.07, 6.45) is 2.84. The number of carbonyl (C=O) groups excluding carboxylic acids is 4. The first kappa shape index (κ1) is 47.5. The number of pyridine rings is 1. The number of piperazine rings is 1. The molecule has 360 valence electrons. The van der Waals surface area contributed by atoms with E-state index in [4.69, 9.17) is 10.1 Å². The van der Waals surface area contributed by atoms with Crippen LogP contribution in [0.3, 0.4) is 0 Å². The van der Waals surface area contributed by atoms with Crippen molar-refractivity contribution in [3.63, 3.8) is 0 Å². The molecule has 6 aromatic rings. The maximum absolute atomic E-state index is 14.2. The zero-order chi connectivity index (χ0) is 48.4. The highest BCUT2D eigenvalue weighted by atomic mass is 32.1. The van der Waals surface area contributed by atoms with E-state index in [0.717, 1.165) is 64.0 Å². The normalized spacial score (nSPS) is 19.1.